The van der Waals surface area contributed by atoms with Gasteiger partial charge in [-0.3, -0.25) is 14.6 Å². The lowest BCUT2D eigenvalue weighted by atomic mass is 10.0. The van der Waals surface area contributed by atoms with Crippen molar-refractivity contribution >= 4 is 45.1 Å². The fourth-order valence-electron chi connectivity index (χ4n) is 5.58. The molecule has 3 N–H and O–H groups in total. The number of amides is 2. The van der Waals surface area contributed by atoms with Gasteiger partial charge in [-0.05, 0) is 60.7 Å². The first-order chi connectivity index (χ1) is 25.8. The van der Waals surface area contributed by atoms with E-state index >= 15 is 0 Å². The molecule has 3 heterocycles. The zero-order chi connectivity index (χ0) is 38.5. The predicted octanol–water partition coefficient (Wildman–Crippen LogP) is 5.69. The minimum absolute atomic E-state index is 0.123. The molecule has 54 heavy (non-hydrogen) atoms. The van der Waals surface area contributed by atoms with E-state index in [1.807, 2.05) is 30.3 Å². The molecule has 0 bridgehead atoms. The molecule has 0 aliphatic carbocycles. The van der Waals surface area contributed by atoms with Crippen molar-refractivity contribution < 1.29 is 40.7 Å². The Balaban J connectivity index is 1.04. The summed E-state index contributed by atoms with van der Waals surface area (Å²) in [5.41, 5.74) is -1.24. The molecule has 1 aliphatic rings. The standard InChI is InChI=1S/C36H31F4N7O5S2/c37-30-19-23(6-8-28(30)24-18-25(48)22-41-21-24)35(50)47-15-13-46(14-16-47)33-11-10-32(43-44-33)34(49)45-54(51,52)27-7-9-31(29(20-27)36(38,39)40)42-12-17-53-26-4-2-1-3-5-26/h1-11,18-22,42,48H,12-17H2,(H,45,49). The van der Waals surface area contributed by atoms with E-state index in [0.29, 0.717) is 36.3 Å². The van der Waals surface area contributed by atoms with Gasteiger partial charge >= 0.3 is 6.18 Å². The molecule has 1 fully saturated rings. The van der Waals surface area contributed by atoms with Crippen molar-refractivity contribution in [3.63, 3.8) is 0 Å². The maximum Gasteiger partial charge on any atom is 0.418 e. The summed E-state index contributed by atoms with van der Waals surface area (Å²) in [6.07, 6.45) is -2.27. The number of nitrogens with one attached hydrogen (secondary N) is 2. The van der Waals surface area contributed by atoms with Gasteiger partial charge in [-0.2, -0.15) is 13.2 Å². The molecule has 1 saturated heterocycles. The van der Waals surface area contributed by atoms with Crippen LogP contribution in [0.15, 0.2) is 107 Å². The van der Waals surface area contributed by atoms with Gasteiger partial charge in [-0.15, -0.1) is 22.0 Å². The second kappa shape index (κ2) is 16.1. The zero-order valence-corrected chi connectivity index (χ0v) is 29.8. The minimum Gasteiger partial charge on any atom is -0.506 e. The third-order valence-corrected chi connectivity index (χ3v) is 10.6. The molecule has 12 nitrogen and oxygen atoms in total. The van der Waals surface area contributed by atoms with Gasteiger partial charge in [0.2, 0.25) is 0 Å². The van der Waals surface area contributed by atoms with Crippen LogP contribution in [-0.4, -0.2) is 83.9 Å². The third-order valence-electron chi connectivity index (χ3n) is 8.29. The Morgan fingerprint density at radius 2 is 1.65 bits per heavy atom. The molecule has 0 unspecified atom stereocenters. The lowest BCUT2D eigenvalue weighted by Gasteiger charge is -2.35. The summed E-state index contributed by atoms with van der Waals surface area (Å²) in [6.45, 7) is 1.30. The van der Waals surface area contributed by atoms with E-state index in [0.717, 1.165) is 23.1 Å². The Kier molecular flexibility index (Phi) is 11.3. The largest absolute Gasteiger partial charge is 0.506 e. The third kappa shape index (κ3) is 9.06. The molecule has 18 heteroatoms. The molecule has 0 radical (unpaired) electrons. The van der Waals surface area contributed by atoms with Gasteiger partial charge in [0.05, 0.1) is 16.7 Å². The van der Waals surface area contributed by atoms with Crippen LogP contribution >= 0.6 is 11.8 Å². The highest BCUT2D eigenvalue weighted by Gasteiger charge is 2.35. The normalized spacial score (nSPS) is 13.4. The topological polar surface area (TPSA) is 158 Å². The summed E-state index contributed by atoms with van der Waals surface area (Å²) < 4.78 is 84.5. The number of rotatable bonds is 11. The summed E-state index contributed by atoms with van der Waals surface area (Å²) in [7, 11) is -4.74. The molecular formula is C36H31F4N7O5S2. The number of carbonyl (C=O) groups excluding carboxylic acids is 2. The number of halogens is 4. The first kappa shape index (κ1) is 38.0. The number of benzene rings is 3. The Bertz CT molecular complexity index is 2260. The second-order valence-electron chi connectivity index (χ2n) is 11.9. The number of anilines is 2. The molecule has 0 atom stereocenters. The first-order valence-corrected chi connectivity index (χ1v) is 18.8. The lowest BCUT2D eigenvalue weighted by Crippen LogP contribution is -2.49. The number of hydrogen-bond donors (Lipinski definition) is 3. The van der Waals surface area contributed by atoms with Gasteiger partial charge in [-0.1, -0.05) is 24.3 Å². The lowest BCUT2D eigenvalue weighted by molar-refractivity contribution is -0.137. The average molecular weight is 782 g/mol. The number of aromatic hydroxyl groups is 1. The van der Waals surface area contributed by atoms with Crippen LogP contribution in [0.3, 0.4) is 0 Å². The number of pyridine rings is 1. The first-order valence-electron chi connectivity index (χ1n) is 16.3. The van der Waals surface area contributed by atoms with E-state index in [4.69, 9.17) is 0 Å². The molecule has 1 aliphatic heterocycles. The van der Waals surface area contributed by atoms with Gasteiger partial charge in [0.15, 0.2) is 11.5 Å². The maximum atomic E-state index is 14.9. The van der Waals surface area contributed by atoms with Gasteiger partial charge in [0.1, 0.15) is 11.6 Å². The van der Waals surface area contributed by atoms with Crippen LogP contribution in [0.5, 0.6) is 5.75 Å². The number of thioether (sulfide) groups is 1. The predicted molar refractivity (Wildman–Crippen MR) is 193 cm³/mol. The maximum absolute atomic E-state index is 14.9. The van der Waals surface area contributed by atoms with E-state index in [1.165, 1.54) is 54.5 Å². The highest BCUT2D eigenvalue weighted by Crippen LogP contribution is 2.36. The quantitative estimate of drug-likeness (QED) is 0.0860. The second-order valence-corrected chi connectivity index (χ2v) is 14.8. The fourth-order valence-corrected chi connectivity index (χ4v) is 7.35. The van der Waals surface area contributed by atoms with Crippen molar-refractivity contribution in [3.8, 4) is 16.9 Å². The molecule has 280 valence electrons. The fraction of sp³-hybridized carbons (Fsp3) is 0.194. The number of carbonyl (C=O) groups is 2. The van der Waals surface area contributed by atoms with Gasteiger partial charge in [-0.25, -0.2) is 17.5 Å². The number of nitrogens with zero attached hydrogens (tertiary/aromatic N) is 5. The Hall–Kier alpha value is -5.75. The van der Waals surface area contributed by atoms with Crippen molar-refractivity contribution in [2.24, 2.45) is 0 Å². The number of hydrogen-bond acceptors (Lipinski definition) is 11. The molecule has 3 aromatic carbocycles. The summed E-state index contributed by atoms with van der Waals surface area (Å²) in [4.78, 5) is 33.3. The number of piperazine rings is 1. The monoisotopic (exact) mass is 781 g/mol. The number of sulfonamides is 1. The van der Waals surface area contributed by atoms with Crippen molar-refractivity contribution in [2.45, 2.75) is 16.0 Å². The van der Waals surface area contributed by atoms with Crippen molar-refractivity contribution in [1.82, 2.24) is 24.8 Å². The molecule has 2 aromatic heterocycles. The van der Waals surface area contributed by atoms with E-state index in [2.05, 4.69) is 20.5 Å². The van der Waals surface area contributed by atoms with Crippen LogP contribution in [0.4, 0.5) is 29.1 Å². The Morgan fingerprint density at radius 1 is 0.889 bits per heavy atom. The minimum atomic E-state index is -4.89. The molecule has 2 amide bonds. The number of aromatic nitrogens is 3. The van der Waals surface area contributed by atoms with Gasteiger partial charge in [0, 0.05) is 71.9 Å². The number of alkyl halides is 3. The summed E-state index contributed by atoms with van der Waals surface area (Å²) in [6, 6.07) is 19.8. The van der Waals surface area contributed by atoms with Crippen LogP contribution < -0.4 is 14.9 Å². The van der Waals surface area contributed by atoms with E-state index < -0.39 is 44.1 Å². The average Bonchev–Trinajstić information content (AvgIpc) is 3.16. The van der Waals surface area contributed by atoms with Crippen LogP contribution in [-0.2, 0) is 16.2 Å². The summed E-state index contributed by atoms with van der Waals surface area (Å²) >= 11 is 1.44. The van der Waals surface area contributed by atoms with E-state index in [-0.39, 0.29) is 48.1 Å². The Labute approximate surface area is 311 Å². The van der Waals surface area contributed by atoms with Gasteiger partial charge < -0.3 is 20.2 Å². The zero-order valence-electron chi connectivity index (χ0n) is 28.1. The SMILES string of the molecule is O=C(NS(=O)(=O)c1ccc(NCCSc2ccccc2)c(C(F)(F)F)c1)c1ccc(N2CCN(C(=O)c3ccc(-c4cncc(O)c4)c(F)c3)CC2)nn1. The summed E-state index contributed by atoms with van der Waals surface area (Å²) in [5, 5.41) is 20.2. The van der Waals surface area contributed by atoms with Gasteiger partial charge in [0.25, 0.3) is 21.8 Å². The van der Waals surface area contributed by atoms with Crippen LogP contribution in [0.1, 0.15) is 26.4 Å². The van der Waals surface area contributed by atoms with Crippen molar-refractivity contribution in [2.75, 3.05) is 48.7 Å². The molecular weight excluding hydrogens is 751 g/mol. The molecule has 5 aromatic rings. The van der Waals surface area contributed by atoms with Crippen LogP contribution in [0.2, 0.25) is 0 Å². The summed E-state index contributed by atoms with van der Waals surface area (Å²) in [5.74, 6) is -1.58. The molecule has 0 saturated carbocycles. The van der Waals surface area contributed by atoms with Crippen LogP contribution in [0, 0.1) is 5.82 Å². The smallest absolute Gasteiger partial charge is 0.418 e. The molecule has 6 rings (SSSR count). The van der Waals surface area contributed by atoms with E-state index in [1.54, 1.807) is 14.5 Å². The Morgan fingerprint density at radius 3 is 2.31 bits per heavy atom. The highest BCUT2D eigenvalue weighted by molar-refractivity contribution is 7.99. The van der Waals surface area contributed by atoms with E-state index in [9.17, 15) is 40.7 Å². The highest BCUT2D eigenvalue weighted by atomic mass is 32.2. The molecule has 0 spiro atoms. The van der Waals surface area contributed by atoms with Crippen molar-refractivity contribution in [3.05, 3.63) is 120 Å². The van der Waals surface area contributed by atoms with Crippen molar-refractivity contribution in [1.29, 1.82) is 0 Å². The van der Waals surface area contributed by atoms with Crippen LogP contribution in [0.25, 0.3) is 11.1 Å².